The monoisotopic (exact) mass is 551 g/mol. The molecule has 0 fully saturated rings. The Morgan fingerprint density at radius 1 is 1.12 bits per heavy atom. The molecular weight excluding hydrogens is 518 g/mol. The molecule has 0 bridgehead atoms. The molecule has 11 heteroatoms. The molecule has 3 heterocycles. The Balaban J connectivity index is 1.89. The highest BCUT2D eigenvalue weighted by molar-refractivity contribution is 5.89. The summed E-state index contributed by atoms with van der Waals surface area (Å²) in [5.41, 5.74) is -0.494. The molecule has 212 valence electrons. The number of esters is 1. The van der Waals surface area contributed by atoms with E-state index in [1.165, 1.54) is 17.6 Å². The number of aliphatic hydroxyl groups excluding tert-OH is 1. The van der Waals surface area contributed by atoms with Gasteiger partial charge in [0, 0.05) is 41.5 Å². The van der Waals surface area contributed by atoms with Crippen molar-refractivity contribution in [2.45, 2.75) is 64.8 Å². The summed E-state index contributed by atoms with van der Waals surface area (Å²) >= 11 is 0. The number of carbonyl (C=O) groups excluding carboxylic acids is 2. The Hall–Kier alpha value is -4.09. The molecule has 0 saturated carbocycles. The van der Waals surface area contributed by atoms with E-state index in [4.69, 9.17) is 9.72 Å². The van der Waals surface area contributed by atoms with Crippen LogP contribution in [-0.2, 0) is 44.4 Å². The second-order valence-corrected chi connectivity index (χ2v) is 10.2. The number of fused-ring (bicyclic) bond motifs is 4. The molecule has 2 aromatic heterocycles. The fourth-order valence-electron chi connectivity index (χ4n) is 5.18. The first-order valence-corrected chi connectivity index (χ1v) is 13.1. The van der Waals surface area contributed by atoms with E-state index in [1.807, 2.05) is 25.1 Å². The maximum atomic E-state index is 13.6. The molecule has 0 radical (unpaired) electrons. The highest BCUT2D eigenvalue weighted by Crippen LogP contribution is 2.39. The number of hydrogen-bond donors (Lipinski definition) is 3. The summed E-state index contributed by atoms with van der Waals surface area (Å²) in [5, 5.41) is 31.7. The molecule has 0 amide bonds. The number of phenolic OH excluding ortho intramolecular Hbond substituents is 1. The summed E-state index contributed by atoms with van der Waals surface area (Å²) in [6.07, 6.45) is -0.391. The van der Waals surface area contributed by atoms with Gasteiger partial charge in [-0.3, -0.25) is 14.4 Å². The smallest absolute Gasteiger partial charge is 0.352 e. The van der Waals surface area contributed by atoms with Crippen molar-refractivity contribution >= 4 is 28.6 Å². The lowest BCUT2D eigenvalue weighted by Gasteiger charge is -2.30. The molecular formula is C29H33N3O8. The third-order valence-electron chi connectivity index (χ3n) is 7.34. The van der Waals surface area contributed by atoms with Crippen LogP contribution >= 0.6 is 0 Å². The van der Waals surface area contributed by atoms with Gasteiger partial charge < -0.3 is 29.5 Å². The number of hydrogen-bond acceptors (Lipinski definition) is 9. The number of rotatable bonds is 11. The second-order valence-electron chi connectivity index (χ2n) is 10.2. The van der Waals surface area contributed by atoms with Gasteiger partial charge in [-0.25, -0.2) is 9.78 Å². The first kappa shape index (κ1) is 28.9. The predicted octanol–water partition coefficient (Wildman–Crippen LogP) is 2.68. The van der Waals surface area contributed by atoms with E-state index in [1.54, 1.807) is 19.1 Å². The number of benzene rings is 1. The number of aliphatic carboxylic acids is 1. The van der Waals surface area contributed by atoms with E-state index in [9.17, 15) is 34.5 Å². The molecule has 1 atom stereocenters. The average molecular weight is 552 g/mol. The van der Waals surface area contributed by atoms with Gasteiger partial charge in [0.15, 0.2) is 0 Å². The lowest BCUT2D eigenvalue weighted by atomic mass is 9.87. The Morgan fingerprint density at radius 3 is 2.45 bits per heavy atom. The SMILES string of the molecule is CCC(=O)CCC(=O)O[C@](CC)(C(=O)O)c1cc2n(c(=O)c1CO)Cc1cc3c(CN(C)C)c(O)ccc3nc1-2. The van der Waals surface area contributed by atoms with Gasteiger partial charge in [0.1, 0.15) is 11.5 Å². The summed E-state index contributed by atoms with van der Waals surface area (Å²) in [7, 11) is 3.76. The van der Waals surface area contributed by atoms with E-state index >= 15 is 0 Å². The van der Waals surface area contributed by atoms with Crippen LogP contribution in [0.3, 0.4) is 0 Å². The van der Waals surface area contributed by atoms with Crippen molar-refractivity contribution in [3.8, 4) is 17.1 Å². The summed E-state index contributed by atoms with van der Waals surface area (Å²) in [4.78, 5) is 57.4. The second kappa shape index (κ2) is 11.2. The van der Waals surface area contributed by atoms with Gasteiger partial charge in [-0.05, 0) is 44.8 Å². The van der Waals surface area contributed by atoms with Gasteiger partial charge in [-0.15, -0.1) is 0 Å². The van der Waals surface area contributed by atoms with Gasteiger partial charge in [-0.2, -0.15) is 0 Å². The van der Waals surface area contributed by atoms with Crippen LogP contribution in [0, 0.1) is 0 Å². The van der Waals surface area contributed by atoms with Crippen molar-refractivity contribution in [2.75, 3.05) is 14.1 Å². The largest absolute Gasteiger partial charge is 0.508 e. The summed E-state index contributed by atoms with van der Waals surface area (Å²) in [6.45, 7) is 2.97. The van der Waals surface area contributed by atoms with Crippen LogP contribution in [0.15, 0.2) is 29.1 Å². The lowest BCUT2D eigenvalue weighted by molar-refractivity contribution is -0.181. The number of phenols is 1. The van der Waals surface area contributed by atoms with Crippen molar-refractivity contribution in [2.24, 2.45) is 0 Å². The molecule has 0 aliphatic carbocycles. The number of ketones is 1. The number of pyridine rings is 2. The highest BCUT2D eigenvalue weighted by atomic mass is 16.6. The molecule has 11 nitrogen and oxygen atoms in total. The molecule has 3 aromatic rings. The highest BCUT2D eigenvalue weighted by Gasteiger charge is 2.46. The first-order valence-electron chi connectivity index (χ1n) is 13.1. The summed E-state index contributed by atoms with van der Waals surface area (Å²) in [6, 6.07) is 6.52. The minimum Gasteiger partial charge on any atom is -0.508 e. The summed E-state index contributed by atoms with van der Waals surface area (Å²) in [5.74, 6) is -2.44. The lowest BCUT2D eigenvalue weighted by Crippen LogP contribution is -2.43. The van der Waals surface area contributed by atoms with Crippen LogP contribution in [0.2, 0.25) is 0 Å². The van der Waals surface area contributed by atoms with Gasteiger partial charge >= 0.3 is 11.9 Å². The Kier molecular flexibility index (Phi) is 8.08. The molecule has 40 heavy (non-hydrogen) atoms. The maximum absolute atomic E-state index is 13.6. The van der Waals surface area contributed by atoms with E-state index < -0.39 is 29.7 Å². The Bertz CT molecular complexity index is 1580. The number of aliphatic hydroxyl groups is 1. The minimum atomic E-state index is -2.26. The Labute approximate surface area is 230 Å². The zero-order valence-electron chi connectivity index (χ0n) is 23.0. The predicted molar refractivity (Wildman–Crippen MR) is 146 cm³/mol. The van der Waals surface area contributed by atoms with Crippen LogP contribution < -0.4 is 5.56 Å². The zero-order valence-corrected chi connectivity index (χ0v) is 23.0. The fraction of sp³-hybridized carbons (Fsp3) is 0.414. The van der Waals surface area contributed by atoms with E-state index in [-0.39, 0.29) is 54.9 Å². The zero-order chi connectivity index (χ0) is 29.4. The fourth-order valence-corrected chi connectivity index (χ4v) is 5.18. The molecule has 1 aliphatic heterocycles. The van der Waals surface area contributed by atoms with Crippen molar-refractivity contribution < 1.29 is 34.4 Å². The number of carboxylic acid groups (broad SMARTS) is 1. The topological polar surface area (TPSA) is 159 Å². The standard InChI is InChI=1S/C29H33N3O8/c1-5-17(34)7-10-25(36)40-29(6-2,28(38)39)21-12-23-26-16(13-32(23)27(37)20(21)15-33)11-18-19(14-31(3)4)24(35)9-8-22(18)30-26/h8-9,11-12,33,35H,5-7,10,13-15H2,1-4H3,(H,38,39)/t29-/m0/s1. The Morgan fingerprint density at radius 2 is 1.85 bits per heavy atom. The molecule has 1 aromatic carbocycles. The van der Waals surface area contributed by atoms with Crippen LogP contribution in [-0.4, -0.2) is 61.6 Å². The molecule has 0 unspecified atom stereocenters. The van der Waals surface area contributed by atoms with Crippen molar-refractivity contribution in [1.82, 2.24) is 14.5 Å². The van der Waals surface area contributed by atoms with E-state index in [0.717, 1.165) is 5.39 Å². The van der Waals surface area contributed by atoms with E-state index in [0.29, 0.717) is 34.6 Å². The molecule has 4 rings (SSSR count). The van der Waals surface area contributed by atoms with Crippen LogP contribution in [0.25, 0.3) is 22.3 Å². The minimum absolute atomic E-state index is 0.0931. The third kappa shape index (κ3) is 4.98. The quantitative estimate of drug-likeness (QED) is 0.237. The number of Topliss-reactive ketones (excluding diaryl/α,β-unsaturated/α-hetero) is 1. The van der Waals surface area contributed by atoms with E-state index in [2.05, 4.69) is 0 Å². The molecule has 0 saturated heterocycles. The third-order valence-corrected chi connectivity index (χ3v) is 7.34. The number of ether oxygens (including phenoxy) is 1. The number of carbonyl (C=O) groups is 3. The number of aromatic nitrogens is 2. The number of aromatic hydroxyl groups is 1. The molecule has 3 N–H and O–H groups in total. The normalized spacial score (nSPS) is 13.7. The van der Waals surface area contributed by atoms with Crippen LogP contribution in [0.5, 0.6) is 5.75 Å². The van der Waals surface area contributed by atoms with Gasteiger partial charge in [0.25, 0.3) is 5.56 Å². The number of carboxylic acids is 1. The van der Waals surface area contributed by atoms with Gasteiger partial charge in [-0.1, -0.05) is 13.8 Å². The molecule has 1 aliphatic rings. The van der Waals surface area contributed by atoms with Gasteiger partial charge in [0.2, 0.25) is 5.60 Å². The van der Waals surface area contributed by atoms with Crippen LogP contribution in [0.1, 0.15) is 61.8 Å². The average Bonchev–Trinajstić information content (AvgIpc) is 3.28. The van der Waals surface area contributed by atoms with Crippen molar-refractivity contribution in [3.05, 3.63) is 56.9 Å². The van der Waals surface area contributed by atoms with Crippen molar-refractivity contribution in [1.29, 1.82) is 0 Å². The summed E-state index contributed by atoms with van der Waals surface area (Å²) < 4.78 is 6.91. The molecule has 0 spiro atoms. The number of nitrogens with zero attached hydrogens (tertiary/aromatic N) is 3. The first-order chi connectivity index (χ1) is 19.0. The van der Waals surface area contributed by atoms with Crippen LogP contribution in [0.4, 0.5) is 0 Å². The van der Waals surface area contributed by atoms with Crippen molar-refractivity contribution in [3.63, 3.8) is 0 Å². The van der Waals surface area contributed by atoms with Gasteiger partial charge in [0.05, 0.1) is 42.0 Å². The maximum Gasteiger partial charge on any atom is 0.352 e.